The highest BCUT2D eigenvalue weighted by Crippen LogP contribution is 2.06. The van der Waals surface area contributed by atoms with Crippen LogP contribution >= 0.6 is 0 Å². The fourth-order valence-corrected chi connectivity index (χ4v) is 2.22. The van der Waals surface area contributed by atoms with Crippen molar-refractivity contribution < 1.29 is 19.7 Å². The molecule has 0 radical (unpaired) electrons. The molecule has 2 aromatic carbocycles. The van der Waals surface area contributed by atoms with Gasteiger partial charge in [-0.25, -0.2) is 0 Å². The quantitative estimate of drug-likeness (QED) is 0.707. The van der Waals surface area contributed by atoms with Crippen molar-refractivity contribution >= 4 is 0 Å². The Bertz CT molecular complexity index is 480. The Morgan fingerprint density at radius 1 is 0.652 bits per heavy atom. The van der Waals surface area contributed by atoms with Crippen LogP contribution in [-0.2, 0) is 22.7 Å². The molecule has 0 aromatic heterocycles. The maximum Gasteiger partial charge on any atom is 0.0799 e. The average Bonchev–Trinajstić information content (AvgIpc) is 2.57. The largest absolute Gasteiger partial charge is 0.391 e. The van der Waals surface area contributed by atoms with Gasteiger partial charge in [-0.1, -0.05) is 60.7 Å². The van der Waals surface area contributed by atoms with Crippen LogP contribution in [0.4, 0.5) is 0 Å². The van der Waals surface area contributed by atoms with Gasteiger partial charge < -0.3 is 19.7 Å². The fourth-order valence-electron chi connectivity index (χ4n) is 2.22. The lowest BCUT2D eigenvalue weighted by molar-refractivity contribution is -0.0269. The summed E-state index contributed by atoms with van der Waals surface area (Å²) in [5, 5.41) is 19.7. The standard InChI is InChI=1S/C19H24O4/c20-18(14-22-12-16-7-3-1-4-8-16)11-19(21)15-23-13-17-9-5-2-6-10-17/h1-10,18-21H,11-15H2. The van der Waals surface area contributed by atoms with E-state index in [2.05, 4.69) is 0 Å². The van der Waals surface area contributed by atoms with Crippen LogP contribution in [0.15, 0.2) is 60.7 Å². The van der Waals surface area contributed by atoms with E-state index in [0.29, 0.717) is 13.2 Å². The zero-order valence-corrected chi connectivity index (χ0v) is 13.2. The molecule has 0 fully saturated rings. The van der Waals surface area contributed by atoms with Crippen LogP contribution in [-0.4, -0.2) is 35.6 Å². The molecular weight excluding hydrogens is 292 g/mol. The highest BCUT2D eigenvalue weighted by atomic mass is 16.5. The first kappa shape index (κ1) is 17.6. The normalized spacial score (nSPS) is 13.7. The van der Waals surface area contributed by atoms with Crippen molar-refractivity contribution in [2.75, 3.05) is 13.2 Å². The third-order valence-corrected chi connectivity index (χ3v) is 3.39. The van der Waals surface area contributed by atoms with Crippen molar-refractivity contribution in [1.82, 2.24) is 0 Å². The Labute approximate surface area is 137 Å². The maximum absolute atomic E-state index is 9.87. The molecule has 0 bridgehead atoms. The van der Waals surface area contributed by atoms with Crippen molar-refractivity contribution in [3.63, 3.8) is 0 Å². The Kier molecular flexibility index (Phi) is 7.77. The molecule has 0 spiro atoms. The summed E-state index contributed by atoms with van der Waals surface area (Å²) in [5.74, 6) is 0. The van der Waals surface area contributed by atoms with Gasteiger partial charge in [0.2, 0.25) is 0 Å². The highest BCUT2D eigenvalue weighted by molar-refractivity contribution is 5.14. The maximum atomic E-state index is 9.87. The van der Waals surface area contributed by atoms with E-state index in [4.69, 9.17) is 9.47 Å². The molecule has 0 aliphatic rings. The van der Waals surface area contributed by atoms with Crippen LogP contribution in [0.25, 0.3) is 0 Å². The summed E-state index contributed by atoms with van der Waals surface area (Å²) in [7, 11) is 0. The highest BCUT2D eigenvalue weighted by Gasteiger charge is 2.12. The van der Waals surface area contributed by atoms with E-state index in [0.717, 1.165) is 11.1 Å². The third-order valence-electron chi connectivity index (χ3n) is 3.39. The lowest BCUT2D eigenvalue weighted by Crippen LogP contribution is -2.25. The number of rotatable bonds is 10. The molecule has 0 saturated carbocycles. The summed E-state index contributed by atoms with van der Waals surface area (Å²) < 4.78 is 10.9. The molecule has 0 heterocycles. The van der Waals surface area contributed by atoms with E-state index < -0.39 is 12.2 Å². The predicted octanol–water partition coefficient (Wildman–Crippen LogP) is 2.53. The smallest absolute Gasteiger partial charge is 0.0799 e. The van der Waals surface area contributed by atoms with Crippen molar-refractivity contribution in [2.45, 2.75) is 31.8 Å². The minimum Gasteiger partial charge on any atom is -0.391 e. The molecule has 0 aliphatic carbocycles. The summed E-state index contributed by atoms with van der Waals surface area (Å²) in [4.78, 5) is 0. The van der Waals surface area contributed by atoms with E-state index in [-0.39, 0.29) is 19.6 Å². The van der Waals surface area contributed by atoms with Gasteiger partial charge in [0.25, 0.3) is 0 Å². The molecule has 0 amide bonds. The molecule has 4 nitrogen and oxygen atoms in total. The molecular formula is C19H24O4. The third kappa shape index (κ3) is 7.39. The van der Waals surface area contributed by atoms with Crippen molar-refractivity contribution in [1.29, 1.82) is 0 Å². The van der Waals surface area contributed by atoms with E-state index >= 15 is 0 Å². The van der Waals surface area contributed by atoms with Crippen molar-refractivity contribution in [3.8, 4) is 0 Å². The number of hydrogen-bond donors (Lipinski definition) is 2. The number of ether oxygens (including phenoxy) is 2. The van der Waals surface area contributed by atoms with E-state index in [1.54, 1.807) is 0 Å². The monoisotopic (exact) mass is 316 g/mol. The van der Waals surface area contributed by atoms with E-state index in [1.165, 1.54) is 0 Å². The molecule has 124 valence electrons. The minimum absolute atomic E-state index is 0.199. The first-order chi connectivity index (χ1) is 11.2. The van der Waals surface area contributed by atoms with Gasteiger partial charge in [-0.3, -0.25) is 0 Å². The number of aliphatic hydroxyl groups excluding tert-OH is 2. The van der Waals surface area contributed by atoms with Crippen LogP contribution in [0.2, 0.25) is 0 Å². The molecule has 0 saturated heterocycles. The Hall–Kier alpha value is -1.72. The number of benzene rings is 2. The number of hydrogen-bond acceptors (Lipinski definition) is 4. The summed E-state index contributed by atoms with van der Waals surface area (Å²) in [6.45, 7) is 1.31. The second-order valence-corrected chi connectivity index (χ2v) is 5.54. The summed E-state index contributed by atoms with van der Waals surface area (Å²) >= 11 is 0. The van der Waals surface area contributed by atoms with Crippen LogP contribution in [0.1, 0.15) is 17.5 Å². The van der Waals surface area contributed by atoms with Gasteiger partial charge in [0.1, 0.15) is 0 Å². The van der Waals surface area contributed by atoms with Gasteiger partial charge >= 0.3 is 0 Å². The van der Waals surface area contributed by atoms with Gasteiger partial charge in [0.05, 0.1) is 38.6 Å². The van der Waals surface area contributed by atoms with Gasteiger partial charge in [-0.05, 0) is 11.1 Å². The molecule has 4 heteroatoms. The lowest BCUT2D eigenvalue weighted by Gasteiger charge is -2.16. The van der Waals surface area contributed by atoms with Crippen LogP contribution in [0.5, 0.6) is 0 Å². The Morgan fingerprint density at radius 2 is 1.04 bits per heavy atom. The molecule has 23 heavy (non-hydrogen) atoms. The van der Waals surface area contributed by atoms with Gasteiger partial charge in [-0.2, -0.15) is 0 Å². The Balaban J connectivity index is 1.56. The second kappa shape index (κ2) is 10.1. The van der Waals surface area contributed by atoms with Crippen molar-refractivity contribution in [2.24, 2.45) is 0 Å². The number of aliphatic hydroxyl groups is 2. The van der Waals surface area contributed by atoms with E-state index in [9.17, 15) is 10.2 Å². The molecule has 2 atom stereocenters. The van der Waals surface area contributed by atoms with Crippen LogP contribution in [0, 0.1) is 0 Å². The molecule has 2 rings (SSSR count). The van der Waals surface area contributed by atoms with Gasteiger partial charge in [0, 0.05) is 6.42 Å². The Morgan fingerprint density at radius 3 is 1.43 bits per heavy atom. The fraction of sp³-hybridized carbons (Fsp3) is 0.368. The predicted molar refractivity (Wildman–Crippen MR) is 88.8 cm³/mol. The van der Waals surface area contributed by atoms with Crippen LogP contribution < -0.4 is 0 Å². The zero-order chi connectivity index (χ0) is 16.3. The molecule has 2 N–H and O–H groups in total. The molecule has 2 unspecified atom stereocenters. The minimum atomic E-state index is -0.700. The van der Waals surface area contributed by atoms with Crippen LogP contribution in [0.3, 0.4) is 0 Å². The van der Waals surface area contributed by atoms with Crippen molar-refractivity contribution in [3.05, 3.63) is 71.8 Å². The zero-order valence-electron chi connectivity index (χ0n) is 13.2. The first-order valence-electron chi connectivity index (χ1n) is 7.83. The average molecular weight is 316 g/mol. The topological polar surface area (TPSA) is 58.9 Å². The summed E-state index contributed by atoms with van der Waals surface area (Å²) in [6.07, 6.45) is -1.16. The lowest BCUT2D eigenvalue weighted by atomic mass is 10.2. The first-order valence-corrected chi connectivity index (χ1v) is 7.83. The van der Waals surface area contributed by atoms with E-state index in [1.807, 2.05) is 60.7 Å². The van der Waals surface area contributed by atoms with Gasteiger partial charge in [0.15, 0.2) is 0 Å². The second-order valence-electron chi connectivity index (χ2n) is 5.54. The molecule has 0 aliphatic heterocycles. The SMILES string of the molecule is OC(COCc1ccccc1)CC(O)COCc1ccccc1. The van der Waals surface area contributed by atoms with Gasteiger partial charge in [-0.15, -0.1) is 0 Å². The summed E-state index contributed by atoms with van der Waals surface area (Å²) in [5.41, 5.74) is 2.12. The summed E-state index contributed by atoms with van der Waals surface area (Å²) in [6, 6.07) is 19.6. The molecule has 2 aromatic rings.